The average Bonchev–Trinajstić information content (AvgIpc) is 2.94. The van der Waals surface area contributed by atoms with Gasteiger partial charge in [-0.05, 0) is 83.8 Å². The van der Waals surface area contributed by atoms with Crippen LogP contribution in [0.15, 0.2) is 18.2 Å². The Bertz CT molecular complexity index is 685. The van der Waals surface area contributed by atoms with E-state index in [4.69, 9.17) is 16.3 Å². The lowest BCUT2D eigenvalue weighted by atomic mass is 9.86. The molecule has 3 fully saturated rings. The zero-order valence-corrected chi connectivity index (χ0v) is 19.7. The monoisotopic (exact) mass is 457 g/mol. The van der Waals surface area contributed by atoms with Gasteiger partial charge in [0.15, 0.2) is 0 Å². The first-order chi connectivity index (χ1) is 14.8. The van der Waals surface area contributed by atoms with Crippen molar-refractivity contribution in [2.45, 2.75) is 69.6 Å². The van der Waals surface area contributed by atoms with Crippen molar-refractivity contribution in [3.8, 4) is 5.75 Å². The van der Waals surface area contributed by atoms with Gasteiger partial charge in [-0.3, -0.25) is 0 Å². The fourth-order valence-corrected chi connectivity index (χ4v) is 4.81. The third-order valence-corrected chi connectivity index (χ3v) is 6.62. The molecule has 176 valence electrons. The van der Waals surface area contributed by atoms with Crippen LogP contribution in [0.1, 0.15) is 57.4 Å². The first kappa shape index (κ1) is 25.7. The smallest absolute Gasteiger partial charge is 0.404 e. The normalized spacial score (nSPS) is 24.2. The summed E-state index contributed by atoms with van der Waals surface area (Å²) in [4.78, 5) is 12.2. The number of hydrogen-bond acceptors (Lipinski definition) is 5. The Hall–Kier alpha value is -1.57. The van der Waals surface area contributed by atoms with Crippen molar-refractivity contribution in [2.75, 3.05) is 33.9 Å². The minimum Gasteiger partial charge on any atom is -0.496 e. The van der Waals surface area contributed by atoms with Crippen LogP contribution >= 0.6 is 11.6 Å². The van der Waals surface area contributed by atoms with Gasteiger partial charge in [-0.25, -0.2) is 9.18 Å². The second-order valence-corrected chi connectivity index (χ2v) is 8.73. The van der Waals surface area contributed by atoms with Gasteiger partial charge in [0.25, 0.3) is 0 Å². The predicted octanol–water partition coefficient (Wildman–Crippen LogP) is 4.63. The second-order valence-electron chi connectivity index (χ2n) is 8.29. The third kappa shape index (κ3) is 7.51. The Morgan fingerprint density at radius 1 is 1.26 bits per heavy atom. The number of benzene rings is 1. The number of methoxy groups -OCH3 is 1. The molecule has 3 aliphatic rings. The Balaban J connectivity index is 0.000000191. The summed E-state index contributed by atoms with van der Waals surface area (Å²) in [6, 6.07) is 7.04. The minimum absolute atomic E-state index is 0.356. The van der Waals surface area contributed by atoms with Gasteiger partial charge in [0, 0.05) is 22.7 Å². The van der Waals surface area contributed by atoms with Crippen LogP contribution in [0.2, 0.25) is 5.02 Å². The van der Waals surface area contributed by atoms with Gasteiger partial charge in [0.1, 0.15) is 11.4 Å². The number of hydrogen-bond donors (Lipinski definition) is 2. The summed E-state index contributed by atoms with van der Waals surface area (Å²) in [7, 11) is 3.85. The molecule has 1 aromatic rings. The van der Waals surface area contributed by atoms with Crippen molar-refractivity contribution in [3.63, 3.8) is 0 Å². The number of ether oxygens (including phenoxy) is 2. The lowest BCUT2D eigenvalue weighted by molar-refractivity contribution is 0.111. The number of fused-ring (bicyclic) bond motifs is 2. The highest BCUT2D eigenvalue weighted by molar-refractivity contribution is 6.30. The summed E-state index contributed by atoms with van der Waals surface area (Å²) in [5.74, 6) is 0.578. The Kier molecular flexibility index (Phi) is 10.3. The fourth-order valence-electron chi connectivity index (χ4n) is 4.64. The van der Waals surface area contributed by atoms with Gasteiger partial charge < -0.3 is 25.4 Å². The van der Waals surface area contributed by atoms with Gasteiger partial charge in [-0.15, -0.1) is 0 Å². The Morgan fingerprint density at radius 3 is 2.32 bits per heavy atom. The van der Waals surface area contributed by atoms with Gasteiger partial charge in [0.2, 0.25) is 0 Å². The molecule has 0 spiro atoms. The number of rotatable bonds is 3. The number of piperidine rings is 2. The molecular weight excluding hydrogens is 421 g/mol. The lowest BCUT2D eigenvalue weighted by Gasteiger charge is -2.31. The van der Waals surface area contributed by atoms with Crippen LogP contribution in [-0.4, -0.2) is 56.9 Å². The molecule has 3 heterocycles. The zero-order valence-electron chi connectivity index (χ0n) is 19.0. The van der Waals surface area contributed by atoms with Crippen molar-refractivity contribution >= 4 is 17.7 Å². The number of nitrogens with two attached hydrogens (primary N) is 1. The summed E-state index contributed by atoms with van der Waals surface area (Å²) in [5, 5.41) is 3.70. The molecule has 3 aliphatic heterocycles. The van der Waals surface area contributed by atoms with E-state index in [2.05, 4.69) is 27.7 Å². The largest absolute Gasteiger partial charge is 0.496 e. The first-order valence-electron chi connectivity index (χ1n) is 11.2. The van der Waals surface area contributed by atoms with Crippen molar-refractivity contribution in [3.05, 3.63) is 28.8 Å². The van der Waals surface area contributed by atoms with Crippen LogP contribution in [-0.2, 0) is 10.4 Å². The summed E-state index contributed by atoms with van der Waals surface area (Å²) in [6.45, 7) is 3.43. The summed E-state index contributed by atoms with van der Waals surface area (Å²) in [5.41, 5.74) is 3.80. The van der Waals surface area contributed by atoms with Gasteiger partial charge in [-0.1, -0.05) is 18.0 Å². The molecular formula is C23H37ClFN3O3. The maximum absolute atomic E-state index is 14.8. The molecule has 4 rings (SSSR count). The maximum atomic E-state index is 14.8. The molecule has 1 aromatic carbocycles. The van der Waals surface area contributed by atoms with Crippen LogP contribution in [0.5, 0.6) is 5.75 Å². The third-order valence-electron chi connectivity index (χ3n) is 6.39. The van der Waals surface area contributed by atoms with Crippen LogP contribution < -0.4 is 15.8 Å². The van der Waals surface area contributed by atoms with E-state index in [1.807, 2.05) is 0 Å². The number of nitrogens with one attached hydrogen (secondary N) is 1. The summed E-state index contributed by atoms with van der Waals surface area (Å²) >= 11 is 5.92. The highest BCUT2D eigenvalue weighted by atomic mass is 35.5. The standard InChI is InChI=1S/C12H15ClFNO.C8H15N.C3H7NO2/c1-16-11-3-2-9(13)8-10(11)12(14)4-6-15-7-5-12;1-9-7-3-2-4-8(9)6-5-7;1-2-6-3(4)5/h2-3,8,15H,4-7H2,1H3;7-8H,2-6H2,1H3;2H2,1H3,(H2,4,5)/t;7-,8+;. The molecule has 1 amide bonds. The molecule has 0 radical (unpaired) electrons. The van der Waals surface area contributed by atoms with E-state index < -0.39 is 11.8 Å². The van der Waals surface area contributed by atoms with E-state index in [0.717, 1.165) is 12.1 Å². The Labute approximate surface area is 190 Å². The zero-order chi connectivity index (χ0) is 22.9. The SMILES string of the molecule is CCOC(N)=O.CN1[C@@H]2CCC[C@H]1CC2.COc1ccc(Cl)cc1C1(F)CCNCC1. The molecule has 0 aromatic heterocycles. The van der Waals surface area contributed by atoms with Gasteiger partial charge >= 0.3 is 6.09 Å². The topological polar surface area (TPSA) is 76.8 Å². The van der Waals surface area contributed by atoms with E-state index in [1.165, 1.54) is 32.1 Å². The average molecular weight is 458 g/mol. The molecule has 8 heteroatoms. The number of primary amides is 1. The van der Waals surface area contributed by atoms with Gasteiger partial charge in [0.05, 0.1) is 13.7 Å². The second kappa shape index (κ2) is 12.5. The van der Waals surface area contributed by atoms with E-state index in [-0.39, 0.29) is 0 Å². The van der Waals surface area contributed by atoms with Crippen molar-refractivity contribution in [1.29, 1.82) is 0 Å². The number of nitrogens with zero attached hydrogens (tertiary/aromatic N) is 1. The number of amides is 1. The van der Waals surface area contributed by atoms with Gasteiger partial charge in [-0.2, -0.15) is 0 Å². The predicted molar refractivity (Wildman–Crippen MR) is 123 cm³/mol. The quantitative estimate of drug-likeness (QED) is 0.691. The lowest BCUT2D eigenvalue weighted by Crippen LogP contribution is -2.36. The molecule has 3 N–H and O–H groups in total. The highest BCUT2D eigenvalue weighted by Gasteiger charge is 2.36. The van der Waals surface area contributed by atoms with Crippen LogP contribution in [0.25, 0.3) is 0 Å². The highest BCUT2D eigenvalue weighted by Crippen LogP contribution is 2.41. The number of carbonyl (C=O) groups excluding carboxylic acids is 1. The van der Waals surface area contributed by atoms with Crippen molar-refractivity contribution < 1.29 is 18.7 Å². The molecule has 3 saturated heterocycles. The van der Waals surface area contributed by atoms with Crippen molar-refractivity contribution in [1.82, 2.24) is 10.2 Å². The summed E-state index contributed by atoms with van der Waals surface area (Å²) < 4.78 is 24.1. The number of carbonyl (C=O) groups is 1. The molecule has 0 aliphatic carbocycles. The molecule has 31 heavy (non-hydrogen) atoms. The van der Waals surface area contributed by atoms with E-state index >= 15 is 0 Å². The van der Waals surface area contributed by atoms with Crippen LogP contribution in [0, 0.1) is 0 Å². The van der Waals surface area contributed by atoms with E-state index in [9.17, 15) is 9.18 Å². The molecule has 0 unspecified atom stereocenters. The molecule has 2 atom stereocenters. The van der Waals surface area contributed by atoms with Crippen molar-refractivity contribution in [2.24, 2.45) is 5.73 Å². The maximum Gasteiger partial charge on any atom is 0.404 e. The van der Waals surface area contributed by atoms with E-state index in [0.29, 0.717) is 48.9 Å². The molecule has 0 saturated carbocycles. The fraction of sp³-hybridized carbons (Fsp3) is 0.696. The van der Waals surface area contributed by atoms with Crippen LogP contribution in [0.4, 0.5) is 9.18 Å². The van der Waals surface area contributed by atoms with Crippen LogP contribution in [0.3, 0.4) is 0 Å². The molecule has 2 bridgehead atoms. The summed E-state index contributed by atoms with van der Waals surface area (Å²) in [6.07, 6.45) is 7.58. The van der Waals surface area contributed by atoms with E-state index in [1.54, 1.807) is 32.2 Å². The Morgan fingerprint density at radius 2 is 1.87 bits per heavy atom. The minimum atomic E-state index is -1.32. The number of alkyl halides is 1. The molecule has 6 nitrogen and oxygen atoms in total. The first-order valence-corrected chi connectivity index (χ1v) is 11.6. The number of halogens is 2.